The van der Waals surface area contributed by atoms with Crippen LogP contribution in [0.2, 0.25) is 0 Å². The summed E-state index contributed by atoms with van der Waals surface area (Å²) in [5.74, 6) is 1.20. The van der Waals surface area contributed by atoms with E-state index in [1.165, 1.54) is 0 Å². The quantitative estimate of drug-likeness (QED) is 0.875. The molecular formula is C14H21N5O. The number of aryl methyl sites for hydroxylation is 3. The maximum atomic E-state index is 5.55. The van der Waals surface area contributed by atoms with Crippen LogP contribution >= 0.6 is 0 Å². The van der Waals surface area contributed by atoms with Crippen molar-refractivity contribution >= 4 is 5.95 Å². The summed E-state index contributed by atoms with van der Waals surface area (Å²) in [6.07, 6.45) is 2.95. The number of rotatable bonds is 6. The summed E-state index contributed by atoms with van der Waals surface area (Å²) in [5, 5.41) is 7.53. The van der Waals surface area contributed by atoms with Crippen molar-refractivity contribution < 1.29 is 4.74 Å². The number of hydrogen-bond acceptors (Lipinski definition) is 5. The van der Waals surface area contributed by atoms with Crippen molar-refractivity contribution in [2.75, 3.05) is 11.9 Å². The second-order valence-electron chi connectivity index (χ2n) is 4.79. The predicted molar refractivity (Wildman–Crippen MR) is 77.8 cm³/mol. The second-order valence-corrected chi connectivity index (χ2v) is 4.79. The van der Waals surface area contributed by atoms with E-state index in [-0.39, 0.29) is 0 Å². The lowest BCUT2D eigenvalue weighted by Crippen LogP contribution is -2.07. The van der Waals surface area contributed by atoms with E-state index in [1.807, 2.05) is 33.2 Å². The number of nitrogens with zero attached hydrogens (tertiary/aromatic N) is 4. The lowest BCUT2D eigenvalue weighted by Gasteiger charge is -2.08. The van der Waals surface area contributed by atoms with Crippen LogP contribution in [0.4, 0.5) is 5.95 Å². The summed E-state index contributed by atoms with van der Waals surface area (Å²) in [7, 11) is 1.91. The SMILES string of the molecule is CCCOc1cc(C)nc(NCc2cn(C)nc2C)n1. The van der Waals surface area contributed by atoms with Crippen molar-refractivity contribution in [1.82, 2.24) is 19.7 Å². The minimum absolute atomic E-state index is 0.583. The third kappa shape index (κ3) is 3.69. The third-order valence-electron chi connectivity index (χ3n) is 2.84. The number of anilines is 1. The number of aromatic nitrogens is 4. The zero-order valence-electron chi connectivity index (χ0n) is 12.5. The Bertz CT molecular complexity index is 579. The van der Waals surface area contributed by atoms with Crippen LogP contribution < -0.4 is 10.1 Å². The molecule has 0 bridgehead atoms. The number of hydrogen-bond donors (Lipinski definition) is 1. The maximum Gasteiger partial charge on any atom is 0.226 e. The van der Waals surface area contributed by atoms with Gasteiger partial charge in [-0.2, -0.15) is 10.1 Å². The highest BCUT2D eigenvalue weighted by atomic mass is 16.5. The van der Waals surface area contributed by atoms with Gasteiger partial charge >= 0.3 is 0 Å². The van der Waals surface area contributed by atoms with Crippen LogP contribution in [-0.2, 0) is 13.6 Å². The molecule has 0 unspecified atom stereocenters. The molecule has 6 nitrogen and oxygen atoms in total. The molecule has 0 saturated heterocycles. The molecule has 0 amide bonds. The zero-order valence-corrected chi connectivity index (χ0v) is 12.5. The van der Waals surface area contributed by atoms with Crippen molar-refractivity contribution in [3.8, 4) is 5.88 Å². The average molecular weight is 275 g/mol. The monoisotopic (exact) mass is 275 g/mol. The minimum Gasteiger partial charge on any atom is -0.478 e. The minimum atomic E-state index is 0.583. The van der Waals surface area contributed by atoms with Gasteiger partial charge in [-0.05, 0) is 20.3 Å². The van der Waals surface area contributed by atoms with Gasteiger partial charge < -0.3 is 10.1 Å². The fraction of sp³-hybridized carbons (Fsp3) is 0.500. The lowest BCUT2D eigenvalue weighted by molar-refractivity contribution is 0.305. The highest BCUT2D eigenvalue weighted by molar-refractivity contribution is 5.32. The van der Waals surface area contributed by atoms with Crippen LogP contribution in [-0.4, -0.2) is 26.4 Å². The van der Waals surface area contributed by atoms with E-state index in [4.69, 9.17) is 4.74 Å². The summed E-state index contributed by atoms with van der Waals surface area (Å²) in [4.78, 5) is 8.71. The smallest absolute Gasteiger partial charge is 0.226 e. The largest absolute Gasteiger partial charge is 0.478 e. The van der Waals surface area contributed by atoms with E-state index in [2.05, 4.69) is 27.3 Å². The predicted octanol–water partition coefficient (Wildman–Crippen LogP) is 2.23. The van der Waals surface area contributed by atoms with Crippen LogP contribution in [0, 0.1) is 13.8 Å². The Balaban J connectivity index is 2.05. The van der Waals surface area contributed by atoms with Crippen molar-refractivity contribution in [3.05, 3.63) is 29.2 Å². The van der Waals surface area contributed by atoms with Gasteiger partial charge in [-0.1, -0.05) is 6.92 Å². The molecule has 0 aliphatic rings. The molecule has 1 N–H and O–H groups in total. The summed E-state index contributed by atoms with van der Waals surface area (Å²) >= 11 is 0. The standard InChI is InChI=1S/C14H21N5O/c1-5-6-20-13-7-10(2)16-14(17-13)15-8-12-9-19(4)18-11(12)3/h7,9H,5-6,8H2,1-4H3,(H,15,16,17). The van der Waals surface area contributed by atoms with Gasteiger partial charge in [-0.25, -0.2) is 4.98 Å². The molecule has 108 valence electrons. The van der Waals surface area contributed by atoms with E-state index in [0.29, 0.717) is 25.0 Å². The Kier molecular flexibility index (Phi) is 4.55. The highest BCUT2D eigenvalue weighted by Gasteiger charge is 2.06. The first-order chi connectivity index (χ1) is 9.58. The van der Waals surface area contributed by atoms with E-state index >= 15 is 0 Å². The fourth-order valence-electron chi connectivity index (χ4n) is 1.90. The Morgan fingerprint density at radius 2 is 2.10 bits per heavy atom. The van der Waals surface area contributed by atoms with Gasteiger partial charge in [0.1, 0.15) is 0 Å². The topological polar surface area (TPSA) is 64.9 Å². The van der Waals surface area contributed by atoms with Gasteiger partial charge in [0.2, 0.25) is 11.8 Å². The molecule has 0 radical (unpaired) electrons. The van der Waals surface area contributed by atoms with Crippen LogP contribution in [0.15, 0.2) is 12.3 Å². The first-order valence-corrected chi connectivity index (χ1v) is 6.80. The normalized spacial score (nSPS) is 10.6. The third-order valence-corrected chi connectivity index (χ3v) is 2.84. The van der Waals surface area contributed by atoms with Crippen LogP contribution in [0.1, 0.15) is 30.3 Å². The molecule has 20 heavy (non-hydrogen) atoms. The average Bonchev–Trinajstić information content (AvgIpc) is 2.72. The van der Waals surface area contributed by atoms with Crippen LogP contribution in [0.5, 0.6) is 5.88 Å². The molecule has 0 saturated carbocycles. The Morgan fingerprint density at radius 3 is 2.75 bits per heavy atom. The molecule has 6 heteroatoms. The van der Waals surface area contributed by atoms with Gasteiger partial charge in [-0.15, -0.1) is 0 Å². The van der Waals surface area contributed by atoms with Crippen molar-refractivity contribution in [2.45, 2.75) is 33.7 Å². The molecule has 0 aliphatic carbocycles. The van der Waals surface area contributed by atoms with Gasteiger partial charge in [0.15, 0.2) is 0 Å². The summed E-state index contributed by atoms with van der Waals surface area (Å²) in [6, 6.07) is 1.84. The van der Waals surface area contributed by atoms with Crippen LogP contribution in [0.25, 0.3) is 0 Å². The van der Waals surface area contributed by atoms with Gasteiger partial charge in [-0.3, -0.25) is 4.68 Å². The molecule has 0 atom stereocenters. The van der Waals surface area contributed by atoms with Crippen molar-refractivity contribution in [1.29, 1.82) is 0 Å². The first kappa shape index (κ1) is 14.3. The van der Waals surface area contributed by atoms with E-state index in [1.54, 1.807) is 4.68 Å². The van der Waals surface area contributed by atoms with E-state index in [9.17, 15) is 0 Å². The van der Waals surface area contributed by atoms with Crippen molar-refractivity contribution in [2.24, 2.45) is 7.05 Å². The second kappa shape index (κ2) is 6.36. The Labute approximate surface area is 119 Å². The molecule has 0 aromatic carbocycles. The van der Waals surface area contributed by atoms with Crippen molar-refractivity contribution in [3.63, 3.8) is 0 Å². The fourth-order valence-corrected chi connectivity index (χ4v) is 1.90. The van der Waals surface area contributed by atoms with Gasteiger partial charge in [0.25, 0.3) is 0 Å². The Hall–Kier alpha value is -2.11. The number of ether oxygens (including phenoxy) is 1. The molecule has 2 aromatic rings. The molecular weight excluding hydrogens is 254 g/mol. The zero-order chi connectivity index (χ0) is 14.5. The molecule has 2 heterocycles. The van der Waals surface area contributed by atoms with E-state index in [0.717, 1.165) is 23.4 Å². The molecule has 0 spiro atoms. The summed E-state index contributed by atoms with van der Waals surface area (Å²) in [6.45, 7) is 7.30. The molecule has 0 aliphatic heterocycles. The molecule has 2 rings (SSSR count). The molecule has 2 aromatic heterocycles. The van der Waals surface area contributed by atoms with E-state index < -0.39 is 0 Å². The van der Waals surface area contributed by atoms with Crippen LogP contribution in [0.3, 0.4) is 0 Å². The first-order valence-electron chi connectivity index (χ1n) is 6.80. The summed E-state index contributed by atoms with van der Waals surface area (Å²) in [5.41, 5.74) is 3.03. The maximum absolute atomic E-state index is 5.55. The highest BCUT2D eigenvalue weighted by Crippen LogP contribution is 2.14. The summed E-state index contributed by atoms with van der Waals surface area (Å²) < 4.78 is 7.35. The van der Waals surface area contributed by atoms with Gasteiger partial charge in [0, 0.05) is 37.1 Å². The Morgan fingerprint density at radius 1 is 1.30 bits per heavy atom. The van der Waals surface area contributed by atoms with Gasteiger partial charge in [0.05, 0.1) is 12.3 Å². The number of nitrogens with one attached hydrogen (secondary N) is 1. The lowest BCUT2D eigenvalue weighted by atomic mass is 10.3. The molecule has 0 fully saturated rings.